The minimum atomic E-state index is -3.29. The summed E-state index contributed by atoms with van der Waals surface area (Å²) in [5, 5.41) is 5.79. The molecule has 0 atom stereocenters. The molecule has 6 nitrogen and oxygen atoms in total. The highest BCUT2D eigenvalue weighted by Gasteiger charge is 2.09. The van der Waals surface area contributed by atoms with Gasteiger partial charge >= 0.3 is 0 Å². The van der Waals surface area contributed by atoms with Crippen molar-refractivity contribution in [2.75, 3.05) is 31.2 Å². The third kappa shape index (κ3) is 5.58. The quantitative estimate of drug-likeness (QED) is 0.662. The van der Waals surface area contributed by atoms with E-state index in [9.17, 15) is 13.2 Å². The largest absolute Gasteiger partial charge is 0.385 e. The van der Waals surface area contributed by atoms with Crippen LogP contribution in [0.3, 0.4) is 0 Å². The smallest absolute Gasteiger partial charge is 0.251 e. The monoisotopic (exact) mass is 299 g/mol. The van der Waals surface area contributed by atoms with Crippen LogP contribution in [-0.4, -0.2) is 40.2 Å². The number of carbonyl (C=O) groups is 1. The molecule has 1 aromatic rings. The molecule has 3 N–H and O–H groups in total. The minimum Gasteiger partial charge on any atom is -0.385 e. The lowest BCUT2D eigenvalue weighted by Gasteiger charge is -2.07. The van der Waals surface area contributed by atoms with Crippen LogP contribution in [0.2, 0.25) is 0 Å². The lowest BCUT2D eigenvalue weighted by molar-refractivity contribution is 0.0956. The zero-order valence-corrected chi connectivity index (χ0v) is 12.6. The van der Waals surface area contributed by atoms with Crippen LogP contribution in [-0.2, 0) is 10.0 Å². The zero-order chi connectivity index (χ0) is 15.0. The third-order valence-corrected chi connectivity index (χ3v) is 4.06. The maximum absolute atomic E-state index is 11.8. The Balaban J connectivity index is 2.47. The fourth-order valence-corrected chi connectivity index (χ4v) is 2.09. The van der Waals surface area contributed by atoms with Crippen LogP contribution >= 0.6 is 0 Å². The molecule has 7 heteroatoms. The van der Waals surface area contributed by atoms with Gasteiger partial charge in [0.15, 0.2) is 0 Å². The van der Waals surface area contributed by atoms with Crippen molar-refractivity contribution in [2.45, 2.75) is 13.3 Å². The number of amides is 1. The van der Waals surface area contributed by atoms with Gasteiger partial charge in [0.05, 0.1) is 5.75 Å². The Hall–Kier alpha value is -1.60. The van der Waals surface area contributed by atoms with E-state index >= 15 is 0 Å². The Morgan fingerprint density at radius 1 is 1.15 bits per heavy atom. The van der Waals surface area contributed by atoms with Gasteiger partial charge in [-0.15, -0.1) is 0 Å². The van der Waals surface area contributed by atoms with Crippen molar-refractivity contribution in [1.82, 2.24) is 10.0 Å². The maximum Gasteiger partial charge on any atom is 0.251 e. The first-order valence-corrected chi connectivity index (χ1v) is 8.17. The summed E-state index contributed by atoms with van der Waals surface area (Å²) >= 11 is 0. The molecule has 0 unspecified atom stereocenters. The molecule has 112 valence electrons. The first-order valence-electron chi connectivity index (χ1n) is 6.52. The number of sulfonamides is 1. The van der Waals surface area contributed by atoms with Gasteiger partial charge in [0.1, 0.15) is 0 Å². The van der Waals surface area contributed by atoms with E-state index in [1.54, 1.807) is 12.1 Å². The number of carbonyl (C=O) groups excluding carboxylic acids is 1. The molecule has 1 aromatic carbocycles. The van der Waals surface area contributed by atoms with Crippen LogP contribution in [0.15, 0.2) is 24.3 Å². The van der Waals surface area contributed by atoms with Crippen LogP contribution < -0.4 is 15.4 Å². The summed E-state index contributed by atoms with van der Waals surface area (Å²) < 4.78 is 24.6. The van der Waals surface area contributed by atoms with Gasteiger partial charge in [-0.25, -0.2) is 13.1 Å². The number of rotatable bonds is 8. The lowest BCUT2D eigenvalue weighted by Crippen LogP contribution is -2.32. The number of hydrogen-bond acceptors (Lipinski definition) is 4. The van der Waals surface area contributed by atoms with Gasteiger partial charge in [-0.3, -0.25) is 4.79 Å². The molecule has 0 heterocycles. The van der Waals surface area contributed by atoms with Gasteiger partial charge in [-0.2, -0.15) is 0 Å². The Morgan fingerprint density at radius 2 is 1.80 bits per heavy atom. The van der Waals surface area contributed by atoms with Crippen LogP contribution in [0, 0.1) is 0 Å². The molecule has 0 aliphatic rings. The van der Waals surface area contributed by atoms with Gasteiger partial charge < -0.3 is 10.6 Å². The molecule has 0 aliphatic carbocycles. The van der Waals surface area contributed by atoms with Gasteiger partial charge in [0.2, 0.25) is 10.0 Å². The second-order valence-electron chi connectivity index (χ2n) is 4.28. The molecule has 0 aliphatic heterocycles. The van der Waals surface area contributed by atoms with Crippen molar-refractivity contribution in [3.63, 3.8) is 0 Å². The molecule has 1 rings (SSSR count). The molecule has 0 radical (unpaired) electrons. The van der Waals surface area contributed by atoms with Crippen LogP contribution in [0.25, 0.3) is 0 Å². The molecule has 0 spiro atoms. The average molecular weight is 299 g/mol. The summed E-state index contributed by atoms with van der Waals surface area (Å²) in [5.74, 6) is -0.413. The SMILES string of the molecule is CCCNc1ccc(C(=O)NCCS(=O)(=O)NC)cc1. The summed E-state index contributed by atoms with van der Waals surface area (Å²) in [7, 11) is -1.94. The van der Waals surface area contributed by atoms with Crippen molar-refractivity contribution in [2.24, 2.45) is 0 Å². The highest BCUT2D eigenvalue weighted by Crippen LogP contribution is 2.09. The van der Waals surface area contributed by atoms with Crippen molar-refractivity contribution in [3.05, 3.63) is 29.8 Å². The molecule has 0 bridgehead atoms. The van der Waals surface area contributed by atoms with Gasteiger partial charge in [0.25, 0.3) is 5.91 Å². The number of anilines is 1. The summed E-state index contributed by atoms with van der Waals surface area (Å²) in [6, 6.07) is 7.07. The van der Waals surface area contributed by atoms with E-state index < -0.39 is 10.0 Å². The van der Waals surface area contributed by atoms with Gasteiger partial charge in [-0.05, 0) is 37.7 Å². The van der Waals surface area contributed by atoms with Crippen molar-refractivity contribution in [1.29, 1.82) is 0 Å². The summed E-state index contributed by atoms with van der Waals surface area (Å²) in [5.41, 5.74) is 1.47. The summed E-state index contributed by atoms with van der Waals surface area (Å²) in [4.78, 5) is 11.8. The average Bonchev–Trinajstić information content (AvgIpc) is 2.45. The Morgan fingerprint density at radius 3 is 2.35 bits per heavy atom. The Kier molecular flexibility index (Phi) is 6.47. The Bertz CT molecular complexity index is 526. The van der Waals surface area contributed by atoms with E-state index in [0.717, 1.165) is 18.7 Å². The summed E-state index contributed by atoms with van der Waals surface area (Å²) in [6.07, 6.45) is 1.03. The molecule has 1 amide bonds. The first-order chi connectivity index (χ1) is 9.48. The van der Waals surface area contributed by atoms with Gasteiger partial charge in [0, 0.05) is 24.3 Å². The molecule has 0 fully saturated rings. The zero-order valence-electron chi connectivity index (χ0n) is 11.8. The molecular formula is C13H21N3O3S. The number of benzene rings is 1. The molecule has 0 saturated carbocycles. The molecule has 20 heavy (non-hydrogen) atoms. The van der Waals surface area contributed by atoms with Gasteiger partial charge in [-0.1, -0.05) is 6.92 Å². The number of nitrogens with one attached hydrogen (secondary N) is 3. The normalized spacial score (nSPS) is 11.1. The van der Waals surface area contributed by atoms with E-state index in [1.165, 1.54) is 7.05 Å². The fourth-order valence-electron chi connectivity index (χ4n) is 1.51. The minimum absolute atomic E-state index is 0.0812. The maximum atomic E-state index is 11.8. The van der Waals surface area contributed by atoms with Crippen LogP contribution in [0.4, 0.5) is 5.69 Å². The topological polar surface area (TPSA) is 87.3 Å². The predicted octanol–water partition coefficient (Wildman–Crippen LogP) is 0.788. The number of hydrogen-bond donors (Lipinski definition) is 3. The van der Waals surface area contributed by atoms with Crippen molar-refractivity contribution >= 4 is 21.6 Å². The second kappa shape index (κ2) is 7.86. The van der Waals surface area contributed by atoms with Crippen LogP contribution in [0.5, 0.6) is 0 Å². The highest BCUT2D eigenvalue weighted by atomic mass is 32.2. The van der Waals surface area contributed by atoms with E-state index in [2.05, 4.69) is 22.3 Å². The first kappa shape index (κ1) is 16.5. The van der Waals surface area contributed by atoms with E-state index in [0.29, 0.717) is 5.56 Å². The summed E-state index contributed by atoms with van der Waals surface area (Å²) in [6.45, 7) is 3.04. The molecular weight excluding hydrogens is 278 g/mol. The van der Waals surface area contributed by atoms with Crippen molar-refractivity contribution in [3.8, 4) is 0 Å². The third-order valence-electron chi connectivity index (χ3n) is 2.69. The van der Waals surface area contributed by atoms with Crippen molar-refractivity contribution < 1.29 is 13.2 Å². The molecule has 0 aromatic heterocycles. The van der Waals surface area contributed by atoms with E-state index in [1.807, 2.05) is 12.1 Å². The lowest BCUT2D eigenvalue weighted by atomic mass is 10.2. The fraction of sp³-hybridized carbons (Fsp3) is 0.462. The molecule has 0 saturated heterocycles. The second-order valence-corrected chi connectivity index (χ2v) is 6.33. The predicted molar refractivity (Wildman–Crippen MR) is 80.4 cm³/mol. The van der Waals surface area contributed by atoms with Crippen LogP contribution in [0.1, 0.15) is 23.7 Å². The van der Waals surface area contributed by atoms with E-state index in [4.69, 9.17) is 0 Å². The van der Waals surface area contributed by atoms with E-state index in [-0.39, 0.29) is 18.2 Å². The Labute approximate surface area is 120 Å². The highest BCUT2D eigenvalue weighted by molar-refractivity contribution is 7.89. The standard InChI is InChI=1S/C13H21N3O3S/c1-3-8-15-12-6-4-11(5-7-12)13(17)16-9-10-20(18,19)14-2/h4-7,14-15H,3,8-10H2,1-2H3,(H,16,17).